The molecule has 0 rings (SSSR count). The predicted molar refractivity (Wildman–Crippen MR) is 80.7 cm³/mol. The molecule has 0 aromatic rings. The molecule has 0 spiro atoms. The van der Waals surface area contributed by atoms with Gasteiger partial charge < -0.3 is 15.3 Å². The van der Waals surface area contributed by atoms with Crippen LogP contribution in [-0.4, -0.2) is 46.9 Å². The Kier molecular flexibility index (Phi) is 8.66. The predicted octanol–water partition coefficient (Wildman–Crippen LogP) is 1.50. The molecule has 2 amide bonds. The van der Waals surface area contributed by atoms with Crippen molar-refractivity contribution in [3.63, 3.8) is 0 Å². The van der Waals surface area contributed by atoms with E-state index in [4.69, 9.17) is 0 Å². The molecule has 0 aliphatic heterocycles. The lowest BCUT2D eigenvalue weighted by molar-refractivity contribution is -0.152. The van der Waals surface area contributed by atoms with Crippen molar-refractivity contribution in [2.75, 3.05) is 13.1 Å². The Morgan fingerprint density at radius 2 is 1.76 bits per heavy atom. The first-order valence-corrected chi connectivity index (χ1v) is 7.50. The van der Waals surface area contributed by atoms with Crippen molar-refractivity contribution in [3.05, 3.63) is 0 Å². The number of amides is 2. The van der Waals surface area contributed by atoms with Gasteiger partial charge in [0, 0.05) is 25.9 Å². The average molecular weight is 300 g/mol. The Labute approximate surface area is 126 Å². The number of rotatable bonds is 9. The summed E-state index contributed by atoms with van der Waals surface area (Å²) in [6.45, 7) is 9.29. The highest BCUT2D eigenvalue weighted by atomic mass is 16.4. The molecule has 0 fully saturated rings. The third-order valence-corrected chi connectivity index (χ3v) is 3.56. The van der Waals surface area contributed by atoms with Crippen LogP contribution >= 0.6 is 0 Å². The molecule has 2 unspecified atom stereocenters. The van der Waals surface area contributed by atoms with Gasteiger partial charge in [-0.1, -0.05) is 27.2 Å². The minimum atomic E-state index is -1.04. The maximum absolute atomic E-state index is 12.6. The minimum absolute atomic E-state index is 0.146. The van der Waals surface area contributed by atoms with Gasteiger partial charge in [0.1, 0.15) is 6.04 Å². The quantitative estimate of drug-likeness (QED) is 0.675. The van der Waals surface area contributed by atoms with Crippen molar-refractivity contribution in [2.24, 2.45) is 11.8 Å². The fourth-order valence-corrected chi connectivity index (χ4v) is 2.25. The second kappa shape index (κ2) is 9.37. The lowest BCUT2D eigenvalue weighted by atomic mass is 9.89. The lowest BCUT2D eigenvalue weighted by Crippen LogP contribution is -2.49. The fourth-order valence-electron chi connectivity index (χ4n) is 2.25. The Bertz CT molecular complexity index is 369. The van der Waals surface area contributed by atoms with E-state index in [1.165, 1.54) is 18.7 Å². The van der Waals surface area contributed by atoms with Crippen LogP contribution in [-0.2, 0) is 14.4 Å². The Hall–Kier alpha value is -1.59. The van der Waals surface area contributed by atoms with Gasteiger partial charge in [0.15, 0.2) is 0 Å². The number of carbonyl (C=O) groups excluding carboxylic acids is 2. The second-order valence-corrected chi connectivity index (χ2v) is 5.67. The van der Waals surface area contributed by atoms with Crippen molar-refractivity contribution < 1.29 is 19.5 Å². The van der Waals surface area contributed by atoms with E-state index in [0.29, 0.717) is 0 Å². The van der Waals surface area contributed by atoms with Gasteiger partial charge in [0.05, 0.1) is 0 Å². The van der Waals surface area contributed by atoms with Gasteiger partial charge in [0.2, 0.25) is 11.8 Å². The summed E-state index contributed by atoms with van der Waals surface area (Å²) in [5, 5.41) is 11.8. The van der Waals surface area contributed by atoms with Crippen molar-refractivity contribution in [3.8, 4) is 0 Å². The zero-order chi connectivity index (χ0) is 16.6. The van der Waals surface area contributed by atoms with Crippen molar-refractivity contribution >= 4 is 17.8 Å². The van der Waals surface area contributed by atoms with Gasteiger partial charge in [-0.15, -0.1) is 0 Å². The summed E-state index contributed by atoms with van der Waals surface area (Å²) >= 11 is 0. The van der Waals surface area contributed by atoms with E-state index in [0.717, 1.165) is 12.8 Å². The summed E-state index contributed by atoms with van der Waals surface area (Å²) in [6, 6.07) is -0.899. The van der Waals surface area contributed by atoms with Gasteiger partial charge in [0.25, 0.3) is 0 Å². The highest BCUT2D eigenvalue weighted by Crippen LogP contribution is 2.21. The molecule has 2 atom stereocenters. The van der Waals surface area contributed by atoms with Crippen LogP contribution in [0, 0.1) is 11.8 Å². The van der Waals surface area contributed by atoms with Gasteiger partial charge in [-0.25, -0.2) is 4.79 Å². The molecule has 0 aromatic carbocycles. The zero-order valence-corrected chi connectivity index (χ0v) is 13.7. The number of hydrogen-bond acceptors (Lipinski definition) is 3. The van der Waals surface area contributed by atoms with E-state index in [1.807, 2.05) is 20.8 Å². The first-order chi connectivity index (χ1) is 9.72. The van der Waals surface area contributed by atoms with Crippen LogP contribution < -0.4 is 5.32 Å². The molecule has 0 radical (unpaired) electrons. The van der Waals surface area contributed by atoms with E-state index < -0.39 is 12.0 Å². The average Bonchev–Trinajstić information content (AvgIpc) is 2.38. The third-order valence-electron chi connectivity index (χ3n) is 3.56. The summed E-state index contributed by atoms with van der Waals surface area (Å²) in [4.78, 5) is 36.1. The van der Waals surface area contributed by atoms with Gasteiger partial charge in [-0.3, -0.25) is 9.59 Å². The molecule has 0 aromatic heterocycles. The maximum Gasteiger partial charge on any atom is 0.326 e. The number of carbonyl (C=O) groups is 3. The summed E-state index contributed by atoms with van der Waals surface area (Å²) < 4.78 is 0. The van der Waals surface area contributed by atoms with E-state index >= 15 is 0 Å². The van der Waals surface area contributed by atoms with Gasteiger partial charge >= 0.3 is 5.97 Å². The Morgan fingerprint density at radius 3 is 2.14 bits per heavy atom. The molecule has 0 aliphatic carbocycles. The van der Waals surface area contributed by atoms with Crippen LogP contribution in [0.3, 0.4) is 0 Å². The fraction of sp³-hybridized carbons (Fsp3) is 0.800. The van der Waals surface area contributed by atoms with Crippen molar-refractivity contribution in [1.29, 1.82) is 0 Å². The van der Waals surface area contributed by atoms with E-state index in [2.05, 4.69) is 5.32 Å². The molecule has 122 valence electrons. The SMILES string of the molecule is CCCC(C(=O)N(CCNC(C)=O)C(C)C(=O)O)C(C)C. The maximum atomic E-state index is 12.6. The third kappa shape index (κ3) is 6.60. The number of carboxylic acid groups (broad SMARTS) is 1. The number of aliphatic carboxylic acids is 1. The summed E-state index contributed by atoms with van der Waals surface area (Å²) in [5.41, 5.74) is 0. The van der Waals surface area contributed by atoms with Crippen LogP contribution in [0.2, 0.25) is 0 Å². The highest BCUT2D eigenvalue weighted by Gasteiger charge is 2.31. The van der Waals surface area contributed by atoms with Crippen molar-refractivity contribution in [2.45, 2.75) is 53.5 Å². The molecule has 0 aliphatic rings. The molecule has 0 saturated carbocycles. The molecule has 0 heterocycles. The number of hydrogen-bond donors (Lipinski definition) is 2. The highest BCUT2D eigenvalue weighted by molar-refractivity contribution is 5.85. The molecule has 6 nitrogen and oxygen atoms in total. The van der Waals surface area contributed by atoms with Gasteiger partial charge in [-0.2, -0.15) is 0 Å². The molecule has 0 bridgehead atoms. The van der Waals surface area contributed by atoms with Crippen LogP contribution in [0.4, 0.5) is 0 Å². The zero-order valence-electron chi connectivity index (χ0n) is 13.7. The summed E-state index contributed by atoms with van der Waals surface area (Å²) in [5.74, 6) is -1.41. The number of carboxylic acids is 1. The monoisotopic (exact) mass is 300 g/mol. The van der Waals surface area contributed by atoms with Gasteiger partial charge in [-0.05, 0) is 19.3 Å². The van der Waals surface area contributed by atoms with Crippen LogP contribution in [0.15, 0.2) is 0 Å². The Balaban J connectivity index is 5.02. The first-order valence-electron chi connectivity index (χ1n) is 7.50. The summed E-state index contributed by atoms with van der Waals surface area (Å²) in [6.07, 6.45) is 1.61. The number of nitrogens with one attached hydrogen (secondary N) is 1. The smallest absolute Gasteiger partial charge is 0.326 e. The summed E-state index contributed by atoms with van der Waals surface area (Å²) in [7, 11) is 0. The molecule has 21 heavy (non-hydrogen) atoms. The lowest BCUT2D eigenvalue weighted by Gasteiger charge is -2.32. The van der Waals surface area contributed by atoms with E-state index in [-0.39, 0.29) is 36.7 Å². The largest absolute Gasteiger partial charge is 0.480 e. The second-order valence-electron chi connectivity index (χ2n) is 5.67. The standard InChI is InChI=1S/C15H28N2O4/c1-6-7-13(10(2)3)14(19)17(11(4)15(20)21)9-8-16-12(5)18/h10-11,13H,6-9H2,1-5H3,(H,16,18)(H,20,21). The molecular formula is C15H28N2O4. The van der Waals surface area contributed by atoms with Crippen LogP contribution in [0.5, 0.6) is 0 Å². The first kappa shape index (κ1) is 19.4. The molecule has 6 heteroatoms. The van der Waals surface area contributed by atoms with Crippen molar-refractivity contribution in [1.82, 2.24) is 10.2 Å². The number of nitrogens with zero attached hydrogens (tertiary/aromatic N) is 1. The van der Waals surface area contributed by atoms with Crippen LogP contribution in [0.1, 0.15) is 47.5 Å². The molecular weight excluding hydrogens is 272 g/mol. The molecule has 2 N–H and O–H groups in total. The van der Waals surface area contributed by atoms with Crippen LogP contribution in [0.25, 0.3) is 0 Å². The minimum Gasteiger partial charge on any atom is -0.480 e. The normalized spacial score (nSPS) is 13.6. The Morgan fingerprint density at radius 1 is 1.19 bits per heavy atom. The topological polar surface area (TPSA) is 86.7 Å². The van der Waals surface area contributed by atoms with E-state index in [1.54, 1.807) is 0 Å². The molecule has 0 saturated heterocycles. The van der Waals surface area contributed by atoms with E-state index in [9.17, 15) is 19.5 Å².